The zero-order chi connectivity index (χ0) is 18.7. The van der Waals surface area contributed by atoms with E-state index < -0.39 is 23.2 Å². The summed E-state index contributed by atoms with van der Waals surface area (Å²) in [5.41, 5.74) is 1.79. The first-order valence-corrected chi connectivity index (χ1v) is 9.27. The van der Waals surface area contributed by atoms with E-state index in [1.54, 1.807) is 13.0 Å². The van der Waals surface area contributed by atoms with Gasteiger partial charge in [0.1, 0.15) is 6.04 Å². The summed E-state index contributed by atoms with van der Waals surface area (Å²) in [6, 6.07) is 4.71. The molecule has 2 rings (SSSR count). The minimum Gasteiger partial charge on any atom is -0.464 e. The number of ether oxygens (including phenoxy) is 1. The number of nitrogens with zero attached hydrogens (tertiary/aromatic N) is 2. The van der Waals surface area contributed by atoms with Crippen LogP contribution in [0, 0.1) is 0 Å². The second-order valence-electron chi connectivity index (χ2n) is 5.59. The van der Waals surface area contributed by atoms with Gasteiger partial charge in [-0.25, -0.2) is 4.79 Å². The van der Waals surface area contributed by atoms with Gasteiger partial charge in [0.2, 0.25) is 0 Å². The SMILES string of the molecule is CCOC(=O)[C@@H](C)N1C(=O)S/C(=C/c2ccc(N(C)C)c(Br)c2)C1=O. The number of hydrogen-bond acceptors (Lipinski definition) is 6. The van der Waals surface area contributed by atoms with Gasteiger partial charge in [0, 0.05) is 18.6 Å². The first-order valence-electron chi connectivity index (χ1n) is 7.66. The Morgan fingerprint density at radius 1 is 1.40 bits per heavy atom. The highest BCUT2D eigenvalue weighted by atomic mass is 79.9. The molecule has 0 N–H and O–H groups in total. The van der Waals surface area contributed by atoms with Gasteiger partial charge in [-0.1, -0.05) is 6.07 Å². The van der Waals surface area contributed by atoms with E-state index in [1.165, 1.54) is 6.92 Å². The van der Waals surface area contributed by atoms with E-state index in [1.807, 2.05) is 37.2 Å². The predicted molar refractivity (Wildman–Crippen MR) is 102 cm³/mol. The largest absolute Gasteiger partial charge is 0.464 e. The molecule has 1 aliphatic heterocycles. The predicted octanol–water partition coefficient (Wildman–Crippen LogP) is 3.50. The lowest BCUT2D eigenvalue weighted by Gasteiger charge is -2.19. The number of amides is 2. The van der Waals surface area contributed by atoms with Crippen LogP contribution in [-0.2, 0) is 14.3 Å². The molecule has 0 aromatic heterocycles. The van der Waals surface area contributed by atoms with Crippen molar-refractivity contribution in [3.63, 3.8) is 0 Å². The molecule has 1 atom stereocenters. The number of halogens is 1. The molecular weight excluding hydrogens is 408 g/mol. The van der Waals surface area contributed by atoms with Crippen molar-refractivity contribution in [2.24, 2.45) is 0 Å². The Kier molecular flexibility index (Phi) is 6.29. The average Bonchev–Trinajstić information content (AvgIpc) is 2.80. The summed E-state index contributed by atoms with van der Waals surface area (Å²) in [6.45, 7) is 3.36. The Balaban J connectivity index is 2.25. The molecule has 1 aliphatic rings. The number of benzene rings is 1. The maximum absolute atomic E-state index is 12.5. The fourth-order valence-electron chi connectivity index (χ4n) is 2.31. The van der Waals surface area contributed by atoms with Crippen LogP contribution in [0.3, 0.4) is 0 Å². The molecule has 1 aromatic carbocycles. The van der Waals surface area contributed by atoms with E-state index >= 15 is 0 Å². The third-order valence-electron chi connectivity index (χ3n) is 3.59. The van der Waals surface area contributed by atoms with Crippen LogP contribution in [0.15, 0.2) is 27.6 Å². The molecule has 1 heterocycles. The molecule has 0 radical (unpaired) electrons. The maximum Gasteiger partial charge on any atom is 0.329 e. The van der Waals surface area contributed by atoms with Gasteiger partial charge < -0.3 is 9.64 Å². The van der Waals surface area contributed by atoms with E-state index in [2.05, 4.69) is 15.9 Å². The fourth-order valence-corrected chi connectivity index (χ4v) is 3.97. The minimum absolute atomic E-state index is 0.196. The molecule has 8 heteroatoms. The van der Waals surface area contributed by atoms with E-state index in [4.69, 9.17) is 4.74 Å². The number of imide groups is 1. The summed E-state index contributed by atoms with van der Waals surface area (Å²) in [5, 5.41) is -0.471. The van der Waals surface area contributed by atoms with E-state index in [0.29, 0.717) is 0 Å². The first-order chi connectivity index (χ1) is 11.8. The van der Waals surface area contributed by atoms with Crippen LogP contribution in [0.25, 0.3) is 6.08 Å². The van der Waals surface area contributed by atoms with Crippen molar-refractivity contribution in [3.8, 4) is 0 Å². The number of hydrogen-bond donors (Lipinski definition) is 0. The Bertz CT molecular complexity index is 748. The highest BCUT2D eigenvalue weighted by molar-refractivity contribution is 9.10. The lowest BCUT2D eigenvalue weighted by Crippen LogP contribution is -2.42. The third kappa shape index (κ3) is 4.24. The number of anilines is 1. The Labute approximate surface area is 159 Å². The van der Waals surface area contributed by atoms with E-state index in [-0.39, 0.29) is 11.5 Å². The average molecular weight is 427 g/mol. The van der Waals surface area contributed by atoms with Gasteiger partial charge in [-0.2, -0.15) is 0 Å². The fraction of sp³-hybridized carbons (Fsp3) is 0.353. The van der Waals surface area contributed by atoms with Crippen molar-refractivity contribution in [3.05, 3.63) is 33.1 Å². The highest BCUT2D eigenvalue weighted by Gasteiger charge is 2.41. The summed E-state index contributed by atoms with van der Waals surface area (Å²) in [7, 11) is 3.86. The molecule has 25 heavy (non-hydrogen) atoms. The number of rotatable bonds is 5. The van der Waals surface area contributed by atoms with Crippen molar-refractivity contribution < 1.29 is 19.1 Å². The minimum atomic E-state index is -0.943. The van der Waals surface area contributed by atoms with Crippen LogP contribution in [0.1, 0.15) is 19.4 Å². The molecule has 1 saturated heterocycles. The van der Waals surface area contributed by atoms with Crippen molar-refractivity contribution >= 4 is 56.6 Å². The van der Waals surface area contributed by atoms with Crippen LogP contribution >= 0.6 is 27.7 Å². The standard InChI is InChI=1S/C17H19BrN2O4S/c1-5-24-16(22)10(2)20-15(21)14(25-17(20)23)9-11-6-7-13(19(3)4)12(18)8-11/h6-10H,5H2,1-4H3/b14-9+/t10-/m1/s1. The summed E-state index contributed by atoms with van der Waals surface area (Å²) in [6.07, 6.45) is 1.65. The summed E-state index contributed by atoms with van der Waals surface area (Å²) >= 11 is 4.32. The number of carbonyl (C=O) groups is 3. The molecular formula is C17H19BrN2O4S. The lowest BCUT2D eigenvalue weighted by atomic mass is 10.1. The van der Waals surface area contributed by atoms with E-state index in [9.17, 15) is 14.4 Å². The zero-order valence-electron chi connectivity index (χ0n) is 14.4. The van der Waals surface area contributed by atoms with Gasteiger partial charge in [0.05, 0.1) is 17.2 Å². The van der Waals surface area contributed by atoms with E-state index in [0.717, 1.165) is 32.4 Å². The van der Waals surface area contributed by atoms with Gasteiger partial charge in [-0.3, -0.25) is 14.5 Å². The van der Waals surface area contributed by atoms with Crippen molar-refractivity contribution in [1.29, 1.82) is 0 Å². The molecule has 0 spiro atoms. The van der Waals surface area contributed by atoms with Gasteiger partial charge in [-0.15, -0.1) is 0 Å². The maximum atomic E-state index is 12.5. The monoisotopic (exact) mass is 426 g/mol. The van der Waals surface area contributed by atoms with Crippen LogP contribution in [-0.4, -0.2) is 48.8 Å². The molecule has 2 amide bonds. The lowest BCUT2D eigenvalue weighted by molar-refractivity contribution is -0.150. The Hall–Kier alpha value is -1.80. The number of carbonyl (C=O) groups excluding carboxylic acids is 3. The zero-order valence-corrected chi connectivity index (χ0v) is 16.8. The molecule has 1 fully saturated rings. The molecule has 1 aromatic rings. The van der Waals surface area contributed by atoms with Gasteiger partial charge in [0.15, 0.2) is 0 Å². The molecule has 134 valence electrons. The third-order valence-corrected chi connectivity index (χ3v) is 5.11. The quantitative estimate of drug-likeness (QED) is 0.530. The van der Waals surface area contributed by atoms with Gasteiger partial charge >= 0.3 is 5.97 Å². The number of esters is 1. The second-order valence-corrected chi connectivity index (χ2v) is 7.43. The highest BCUT2D eigenvalue weighted by Crippen LogP contribution is 2.35. The summed E-state index contributed by atoms with van der Waals surface area (Å²) < 4.78 is 5.77. The van der Waals surface area contributed by atoms with Crippen molar-refractivity contribution in [2.45, 2.75) is 19.9 Å². The summed E-state index contributed by atoms with van der Waals surface area (Å²) in [5.74, 6) is -1.08. The normalized spacial score (nSPS) is 17.2. The topological polar surface area (TPSA) is 66.9 Å². The molecule has 0 aliphatic carbocycles. The molecule has 0 unspecified atom stereocenters. The van der Waals surface area contributed by atoms with Gasteiger partial charge in [-0.05, 0) is 65.3 Å². The van der Waals surface area contributed by atoms with Crippen LogP contribution < -0.4 is 4.90 Å². The van der Waals surface area contributed by atoms with Crippen LogP contribution in [0.4, 0.5) is 10.5 Å². The second kappa shape index (κ2) is 8.05. The molecule has 6 nitrogen and oxygen atoms in total. The molecule has 0 bridgehead atoms. The van der Waals surface area contributed by atoms with Crippen molar-refractivity contribution in [2.75, 3.05) is 25.6 Å². The first kappa shape index (κ1) is 19.5. The smallest absolute Gasteiger partial charge is 0.329 e. The summed E-state index contributed by atoms with van der Waals surface area (Å²) in [4.78, 5) is 39.7. The Morgan fingerprint density at radius 2 is 2.08 bits per heavy atom. The van der Waals surface area contributed by atoms with Crippen molar-refractivity contribution in [1.82, 2.24) is 4.90 Å². The molecule has 0 saturated carbocycles. The van der Waals surface area contributed by atoms with Crippen LogP contribution in [0.5, 0.6) is 0 Å². The van der Waals surface area contributed by atoms with Crippen LogP contribution in [0.2, 0.25) is 0 Å². The Morgan fingerprint density at radius 3 is 2.64 bits per heavy atom. The number of thioether (sulfide) groups is 1. The van der Waals surface area contributed by atoms with Gasteiger partial charge in [0.25, 0.3) is 11.1 Å².